The summed E-state index contributed by atoms with van der Waals surface area (Å²) >= 11 is 0. The number of nitrogens with one attached hydrogen (secondary N) is 1. The average molecular weight is 287 g/mol. The van der Waals surface area contributed by atoms with Crippen LogP contribution in [0.3, 0.4) is 0 Å². The molecule has 0 aliphatic heterocycles. The molecule has 1 N–H and O–H groups in total. The van der Waals surface area contributed by atoms with Crippen LogP contribution in [-0.2, 0) is 6.54 Å². The van der Waals surface area contributed by atoms with Crippen molar-refractivity contribution in [2.45, 2.75) is 66.3 Å². The minimum Gasteiger partial charge on any atom is -0.459 e. The quantitative estimate of drug-likeness (QED) is 0.711. The van der Waals surface area contributed by atoms with E-state index in [9.17, 15) is 0 Å². The summed E-state index contributed by atoms with van der Waals surface area (Å²) in [4.78, 5) is 0. The van der Waals surface area contributed by atoms with Gasteiger partial charge in [0.2, 0.25) is 0 Å². The molecule has 0 aliphatic rings. The van der Waals surface area contributed by atoms with Crippen molar-refractivity contribution in [1.82, 2.24) is 5.32 Å². The molecule has 0 spiro atoms. The zero-order chi connectivity index (χ0) is 15.6. The summed E-state index contributed by atoms with van der Waals surface area (Å²) in [6.45, 7) is 15.2. The molecule has 2 nitrogen and oxygen atoms in total. The molecule has 0 bridgehead atoms. The summed E-state index contributed by atoms with van der Waals surface area (Å²) in [5.74, 6) is 2.08. The Kier molecular flexibility index (Phi) is 5.10. The largest absolute Gasteiger partial charge is 0.459 e. The van der Waals surface area contributed by atoms with Gasteiger partial charge in [-0.2, -0.15) is 0 Å². The number of rotatable bonds is 6. The van der Waals surface area contributed by atoms with Crippen molar-refractivity contribution >= 4 is 11.0 Å². The molecule has 1 aromatic heterocycles. The van der Waals surface area contributed by atoms with Gasteiger partial charge in [-0.1, -0.05) is 46.8 Å². The normalized spacial score (nSPS) is 12.0. The predicted octanol–water partition coefficient (Wildman–Crippen LogP) is 5.49. The van der Waals surface area contributed by atoms with Gasteiger partial charge in [0.1, 0.15) is 11.3 Å². The second-order valence-electron chi connectivity index (χ2n) is 6.60. The summed E-state index contributed by atoms with van der Waals surface area (Å²) in [6, 6.07) is 4.46. The fourth-order valence-electron chi connectivity index (χ4n) is 3.03. The van der Waals surface area contributed by atoms with Gasteiger partial charge in [-0.3, -0.25) is 0 Å². The Morgan fingerprint density at radius 1 is 1.10 bits per heavy atom. The molecular weight excluding hydrogens is 258 g/mol. The van der Waals surface area contributed by atoms with Gasteiger partial charge in [0.25, 0.3) is 0 Å². The van der Waals surface area contributed by atoms with Gasteiger partial charge < -0.3 is 9.73 Å². The number of furan rings is 1. The van der Waals surface area contributed by atoms with Crippen molar-refractivity contribution in [1.29, 1.82) is 0 Å². The Morgan fingerprint density at radius 3 is 2.38 bits per heavy atom. The molecule has 0 amide bonds. The molecule has 0 aliphatic carbocycles. The number of fused-ring (bicyclic) bond motifs is 1. The molecule has 1 heterocycles. The third kappa shape index (κ3) is 3.16. The highest BCUT2D eigenvalue weighted by atomic mass is 16.3. The van der Waals surface area contributed by atoms with Gasteiger partial charge in [0, 0.05) is 10.9 Å². The van der Waals surface area contributed by atoms with Gasteiger partial charge in [-0.05, 0) is 42.9 Å². The molecule has 0 radical (unpaired) electrons. The lowest BCUT2D eigenvalue weighted by atomic mass is 9.92. The van der Waals surface area contributed by atoms with Crippen LogP contribution in [0.1, 0.15) is 75.3 Å². The van der Waals surface area contributed by atoms with Crippen LogP contribution in [0, 0.1) is 6.92 Å². The zero-order valence-corrected chi connectivity index (χ0v) is 14.3. The fourth-order valence-corrected chi connectivity index (χ4v) is 3.03. The van der Waals surface area contributed by atoms with Crippen molar-refractivity contribution in [3.8, 4) is 0 Å². The molecule has 2 rings (SSSR count). The summed E-state index contributed by atoms with van der Waals surface area (Å²) in [6.07, 6.45) is 1.15. The molecule has 0 fully saturated rings. The van der Waals surface area contributed by atoms with E-state index in [1.54, 1.807) is 0 Å². The first-order valence-corrected chi connectivity index (χ1v) is 8.22. The molecule has 1 aromatic carbocycles. The van der Waals surface area contributed by atoms with E-state index in [1.165, 1.54) is 22.1 Å². The van der Waals surface area contributed by atoms with Crippen molar-refractivity contribution < 1.29 is 4.42 Å². The van der Waals surface area contributed by atoms with E-state index in [0.29, 0.717) is 11.8 Å². The molecule has 2 heteroatoms. The van der Waals surface area contributed by atoms with E-state index in [4.69, 9.17) is 4.42 Å². The molecule has 0 atom stereocenters. The van der Waals surface area contributed by atoms with E-state index >= 15 is 0 Å². The molecule has 116 valence electrons. The summed E-state index contributed by atoms with van der Waals surface area (Å²) in [5, 5.41) is 4.82. The van der Waals surface area contributed by atoms with Crippen molar-refractivity contribution in [3.05, 3.63) is 34.6 Å². The van der Waals surface area contributed by atoms with Gasteiger partial charge in [0.15, 0.2) is 0 Å². The Labute approximate surface area is 128 Å². The van der Waals surface area contributed by atoms with E-state index in [0.717, 1.165) is 30.9 Å². The van der Waals surface area contributed by atoms with Gasteiger partial charge >= 0.3 is 0 Å². The predicted molar refractivity (Wildman–Crippen MR) is 91.1 cm³/mol. The maximum Gasteiger partial charge on any atom is 0.138 e. The lowest BCUT2D eigenvalue weighted by molar-refractivity contribution is 0.501. The number of hydrogen-bond donors (Lipinski definition) is 1. The first kappa shape index (κ1) is 16.1. The Balaban J connectivity index is 2.60. The first-order chi connectivity index (χ1) is 9.97. The van der Waals surface area contributed by atoms with Crippen LogP contribution in [0.15, 0.2) is 16.5 Å². The van der Waals surface area contributed by atoms with Crippen LogP contribution in [0.5, 0.6) is 0 Å². The van der Waals surface area contributed by atoms with E-state index in [2.05, 4.69) is 59.0 Å². The summed E-state index contributed by atoms with van der Waals surface area (Å²) in [5.41, 5.74) is 5.12. The van der Waals surface area contributed by atoms with Crippen LogP contribution in [-0.4, -0.2) is 6.54 Å². The van der Waals surface area contributed by atoms with E-state index < -0.39 is 0 Å². The average Bonchev–Trinajstić information content (AvgIpc) is 2.79. The van der Waals surface area contributed by atoms with Crippen LogP contribution in [0.4, 0.5) is 0 Å². The smallest absolute Gasteiger partial charge is 0.138 e. The monoisotopic (exact) mass is 287 g/mol. The lowest BCUT2D eigenvalue weighted by Crippen LogP contribution is -2.14. The lowest BCUT2D eigenvalue weighted by Gasteiger charge is -2.10. The topological polar surface area (TPSA) is 25.2 Å². The highest BCUT2D eigenvalue weighted by Crippen LogP contribution is 2.37. The molecule has 0 unspecified atom stereocenters. The zero-order valence-electron chi connectivity index (χ0n) is 14.3. The molecule has 0 saturated carbocycles. The number of benzene rings is 1. The highest BCUT2D eigenvalue weighted by molar-refractivity contribution is 5.89. The third-order valence-electron chi connectivity index (χ3n) is 4.10. The van der Waals surface area contributed by atoms with Crippen LogP contribution in [0.2, 0.25) is 0 Å². The summed E-state index contributed by atoms with van der Waals surface area (Å²) in [7, 11) is 0. The van der Waals surface area contributed by atoms with Crippen LogP contribution < -0.4 is 5.32 Å². The number of aryl methyl sites for hydroxylation is 1. The van der Waals surface area contributed by atoms with Crippen LogP contribution >= 0.6 is 0 Å². The number of hydrogen-bond acceptors (Lipinski definition) is 2. The SMILES string of the molecule is CCCNCc1oc2c(C(C)C)ccc(C)c2c1C(C)C. The Morgan fingerprint density at radius 2 is 1.81 bits per heavy atom. The van der Waals surface area contributed by atoms with E-state index in [1.807, 2.05) is 0 Å². The molecular formula is C19H29NO. The third-order valence-corrected chi connectivity index (χ3v) is 4.10. The maximum atomic E-state index is 6.32. The van der Waals surface area contributed by atoms with E-state index in [-0.39, 0.29) is 0 Å². The van der Waals surface area contributed by atoms with Crippen molar-refractivity contribution in [3.63, 3.8) is 0 Å². The Hall–Kier alpha value is -1.28. The van der Waals surface area contributed by atoms with Crippen molar-refractivity contribution in [2.75, 3.05) is 6.54 Å². The van der Waals surface area contributed by atoms with Crippen molar-refractivity contribution in [2.24, 2.45) is 0 Å². The second kappa shape index (κ2) is 6.65. The fraction of sp³-hybridized carbons (Fsp3) is 0.579. The Bertz CT molecular complexity index is 608. The molecule has 2 aromatic rings. The van der Waals surface area contributed by atoms with Gasteiger partial charge in [-0.15, -0.1) is 0 Å². The summed E-state index contributed by atoms with van der Waals surface area (Å²) < 4.78 is 6.32. The second-order valence-corrected chi connectivity index (χ2v) is 6.60. The minimum absolute atomic E-state index is 0.478. The van der Waals surface area contributed by atoms with Gasteiger partial charge in [-0.25, -0.2) is 0 Å². The minimum atomic E-state index is 0.478. The molecule has 21 heavy (non-hydrogen) atoms. The molecule has 0 saturated heterocycles. The van der Waals surface area contributed by atoms with Crippen LogP contribution in [0.25, 0.3) is 11.0 Å². The standard InChI is InChI=1S/C19H29NO/c1-7-10-20-11-16-17(13(4)5)18-14(6)8-9-15(12(2)3)19(18)21-16/h8-9,12-13,20H,7,10-11H2,1-6H3. The highest BCUT2D eigenvalue weighted by Gasteiger charge is 2.21. The maximum absolute atomic E-state index is 6.32. The van der Waals surface area contributed by atoms with Gasteiger partial charge in [0.05, 0.1) is 6.54 Å². The first-order valence-electron chi connectivity index (χ1n) is 8.22.